The minimum Gasteiger partial charge on any atom is -0.392 e. The van der Waals surface area contributed by atoms with Gasteiger partial charge in [0, 0.05) is 12.8 Å². The maximum Gasteiger partial charge on any atom is 0.230 e. The van der Waals surface area contributed by atoms with Crippen LogP contribution in [-0.4, -0.2) is 28.2 Å². The Morgan fingerprint density at radius 2 is 1.75 bits per heavy atom. The molecule has 2 fully saturated rings. The fraction of sp³-hybridized carbons (Fsp3) is 0.727. The van der Waals surface area contributed by atoms with Gasteiger partial charge in [-0.15, -0.1) is 0 Å². The van der Waals surface area contributed by atoms with Gasteiger partial charge in [-0.1, -0.05) is 25.1 Å². The maximum absolute atomic E-state index is 11.9. The quantitative estimate of drug-likeness (QED) is 0.577. The van der Waals surface area contributed by atoms with Crippen LogP contribution in [0.25, 0.3) is 0 Å². The van der Waals surface area contributed by atoms with Crippen molar-refractivity contribution >= 4 is 29.0 Å². The molecule has 2 aliphatic rings. The largest absolute Gasteiger partial charge is 0.392 e. The van der Waals surface area contributed by atoms with Crippen LogP contribution in [0.3, 0.4) is 0 Å². The third kappa shape index (κ3) is 2.09. The lowest BCUT2D eigenvalue weighted by Crippen LogP contribution is -2.49. The Morgan fingerprint density at radius 3 is 2.19 bits per heavy atom. The summed E-state index contributed by atoms with van der Waals surface area (Å²) < 4.78 is 0. The van der Waals surface area contributed by atoms with Gasteiger partial charge < -0.3 is 5.73 Å². The standard InChI is InChI=1S/C11H16N2O2S/c12-8(16)7-13-9(14)5-11(6-10(13)15)3-1-2-4-11/h1-7H2,(H2,12,16). The van der Waals surface area contributed by atoms with Gasteiger partial charge in [0.2, 0.25) is 11.8 Å². The molecular formula is C11H16N2O2S. The number of carbonyl (C=O) groups excluding carboxylic acids is 2. The number of amides is 2. The zero-order chi connectivity index (χ0) is 11.8. The van der Waals surface area contributed by atoms with Gasteiger partial charge in [0.25, 0.3) is 0 Å². The van der Waals surface area contributed by atoms with Gasteiger partial charge in [0.05, 0.1) is 11.5 Å². The van der Waals surface area contributed by atoms with Gasteiger partial charge in [-0.3, -0.25) is 14.5 Å². The smallest absolute Gasteiger partial charge is 0.230 e. The van der Waals surface area contributed by atoms with E-state index in [4.69, 9.17) is 18.0 Å². The molecule has 1 saturated heterocycles. The Labute approximate surface area is 100 Å². The molecule has 1 heterocycles. The van der Waals surface area contributed by atoms with Crippen LogP contribution in [0, 0.1) is 5.41 Å². The lowest BCUT2D eigenvalue weighted by atomic mass is 9.76. The molecule has 2 rings (SSSR count). The highest BCUT2D eigenvalue weighted by Gasteiger charge is 2.44. The zero-order valence-corrected chi connectivity index (χ0v) is 10.0. The van der Waals surface area contributed by atoms with Crippen molar-refractivity contribution in [1.82, 2.24) is 4.90 Å². The Morgan fingerprint density at radius 1 is 1.25 bits per heavy atom. The summed E-state index contributed by atoms with van der Waals surface area (Å²) in [4.78, 5) is 25.2. The molecule has 1 spiro atoms. The number of nitrogens with zero attached hydrogens (tertiary/aromatic N) is 1. The topological polar surface area (TPSA) is 63.4 Å². The molecule has 2 N–H and O–H groups in total. The van der Waals surface area contributed by atoms with E-state index in [-0.39, 0.29) is 28.8 Å². The number of piperidine rings is 1. The number of nitrogens with two attached hydrogens (primary N) is 1. The zero-order valence-electron chi connectivity index (χ0n) is 9.20. The minimum atomic E-state index is -0.106. The summed E-state index contributed by atoms with van der Waals surface area (Å²) in [6.45, 7) is 0.100. The van der Waals surface area contributed by atoms with Crippen LogP contribution in [-0.2, 0) is 9.59 Å². The number of likely N-dealkylation sites (tertiary alicyclic amines) is 1. The molecule has 0 radical (unpaired) electrons. The number of imide groups is 1. The second-order valence-corrected chi connectivity index (χ2v) is 5.42. The molecule has 1 saturated carbocycles. The van der Waals surface area contributed by atoms with Crippen LogP contribution in [0.1, 0.15) is 38.5 Å². The average molecular weight is 240 g/mol. The van der Waals surface area contributed by atoms with E-state index in [1.54, 1.807) is 0 Å². The number of rotatable bonds is 2. The van der Waals surface area contributed by atoms with Gasteiger partial charge in [-0.2, -0.15) is 0 Å². The molecule has 0 aromatic rings. The van der Waals surface area contributed by atoms with Crippen molar-refractivity contribution < 1.29 is 9.59 Å². The van der Waals surface area contributed by atoms with Crippen molar-refractivity contribution in [3.05, 3.63) is 0 Å². The Kier molecular flexibility index (Phi) is 2.97. The van der Waals surface area contributed by atoms with Crippen LogP contribution >= 0.6 is 12.2 Å². The van der Waals surface area contributed by atoms with Gasteiger partial charge in [-0.05, 0) is 18.3 Å². The van der Waals surface area contributed by atoms with E-state index in [0.717, 1.165) is 25.7 Å². The summed E-state index contributed by atoms with van der Waals surface area (Å²) in [7, 11) is 0. The van der Waals surface area contributed by atoms with E-state index in [2.05, 4.69) is 0 Å². The highest BCUT2D eigenvalue weighted by Crippen LogP contribution is 2.46. The molecule has 0 bridgehead atoms. The molecule has 5 heteroatoms. The third-order valence-electron chi connectivity index (χ3n) is 3.63. The van der Waals surface area contributed by atoms with Crippen molar-refractivity contribution in [2.45, 2.75) is 38.5 Å². The lowest BCUT2D eigenvalue weighted by molar-refractivity contribution is -0.152. The average Bonchev–Trinajstić information content (AvgIpc) is 2.60. The van der Waals surface area contributed by atoms with Crippen LogP contribution in [0.2, 0.25) is 0 Å². The first kappa shape index (κ1) is 11.5. The van der Waals surface area contributed by atoms with Gasteiger partial charge in [0.1, 0.15) is 0 Å². The van der Waals surface area contributed by atoms with Crippen molar-refractivity contribution in [2.75, 3.05) is 6.54 Å². The highest BCUT2D eigenvalue weighted by molar-refractivity contribution is 7.80. The molecule has 0 aromatic heterocycles. The molecule has 1 aliphatic heterocycles. The first-order valence-electron chi connectivity index (χ1n) is 5.64. The first-order chi connectivity index (χ1) is 7.52. The number of carbonyl (C=O) groups is 2. The van der Waals surface area contributed by atoms with Crippen LogP contribution < -0.4 is 5.73 Å². The normalized spacial score (nSPS) is 24.1. The SMILES string of the molecule is NC(=S)CN1C(=O)CC2(CCCC2)CC1=O. The molecule has 2 amide bonds. The molecule has 1 aliphatic carbocycles. The van der Waals surface area contributed by atoms with Crippen LogP contribution in [0.5, 0.6) is 0 Å². The molecule has 0 aromatic carbocycles. The number of hydrogen-bond acceptors (Lipinski definition) is 3. The second-order valence-electron chi connectivity index (χ2n) is 4.90. The van der Waals surface area contributed by atoms with Crippen LogP contribution in [0.4, 0.5) is 0 Å². The summed E-state index contributed by atoms with van der Waals surface area (Å²) in [5, 5.41) is 0. The summed E-state index contributed by atoms with van der Waals surface area (Å²) in [5.74, 6) is -0.211. The fourth-order valence-corrected chi connectivity index (χ4v) is 2.97. The fourth-order valence-electron chi connectivity index (χ4n) is 2.84. The highest BCUT2D eigenvalue weighted by atomic mass is 32.1. The second kappa shape index (κ2) is 4.13. The molecular weight excluding hydrogens is 224 g/mol. The molecule has 88 valence electrons. The van der Waals surface area contributed by atoms with E-state index in [0.29, 0.717) is 12.8 Å². The van der Waals surface area contributed by atoms with Crippen molar-refractivity contribution in [1.29, 1.82) is 0 Å². The summed E-state index contributed by atoms with van der Waals surface area (Å²) >= 11 is 4.74. The number of hydrogen-bond donors (Lipinski definition) is 1. The van der Waals surface area contributed by atoms with Gasteiger partial charge in [0.15, 0.2) is 0 Å². The Bertz CT molecular complexity index is 328. The molecule has 16 heavy (non-hydrogen) atoms. The lowest BCUT2D eigenvalue weighted by Gasteiger charge is -2.37. The van der Waals surface area contributed by atoms with Crippen molar-refractivity contribution in [3.63, 3.8) is 0 Å². The predicted molar refractivity (Wildman–Crippen MR) is 63.6 cm³/mol. The van der Waals surface area contributed by atoms with E-state index >= 15 is 0 Å². The minimum absolute atomic E-state index is 0.0408. The monoisotopic (exact) mass is 240 g/mol. The summed E-state index contributed by atoms with van der Waals surface area (Å²) in [5.41, 5.74) is 5.34. The summed E-state index contributed by atoms with van der Waals surface area (Å²) in [6.07, 6.45) is 5.26. The van der Waals surface area contributed by atoms with Gasteiger partial charge in [-0.25, -0.2) is 0 Å². The van der Waals surface area contributed by atoms with E-state index in [1.165, 1.54) is 4.90 Å². The molecule has 4 nitrogen and oxygen atoms in total. The Balaban J connectivity index is 2.10. The van der Waals surface area contributed by atoms with Gasteiger partial charge >= 0.3 is 0 Å². The van der Waals surface area contributed by atoms with E-state index in [9.17, 15) is 9.59 Å². The molecule has 0 unspecified atom stereocenters. The van der Waals surface area contributed by atoms with Crippen molar-refractivity contribution in [3.8, 4) is 0 Å². The third-order valence-corrected chi connectivity index (χ3v) is 3.76. The number of thiocarbonyl (C=S) groups is 1. The first-order valence-corrected chi connectivity index (χ1v) is 6.05. The summed E-state index contributed by atoms with van der Waals surface area (Å²) in [6, 6.07) is 0. The van der Waals surface area contributed by atoms with Crippen molar-refractivity contribution in [2.24, 2.45) is 11.1 Å². The van der Waals surface area contributed by atoms with E-state index < -0.39 is 0 Å². The maximum atomic E-state index is 11.9. The predicted octanol–water partition coefficient (Wildman–Crippen LogP) is 0.982. The van der Waals surface area contributed by atoms with E-state index in [1.807, 2.05) is 0 Å². The molecule has 0 atom stereocenters. The Hall–Kier alpha value is -0.970. The van der Waals surface area contributed by atoms with Crippen LogP contribution in [0.15, 0.2) is 0 Å².